The Balaban J connectivity index is 3.15. The molecule has 13 heavy (non-hydrogen) atoms. The SMILES string of the molecule is CC[C@H](N)c1cc(F)c(Br)cc1F. The van der Waals surface area contributed by atoms with Gasteiger partial charge in [-0.05, 0) is 34.5 Å². The molecular formula is C9H10BrF2N. The minimum atomic E-state index is -0.486. The molecule has 1 rings (SSSR count). The fourth-order valence-electron chi connectivity index (χ4n) is 1.04. The Kier molecular flexibility index (Phi) is 3.39. The molecule has 0 amide bonds. The van der Waals surface area contributed by atoms with Crippen LogP contribution in [0.2, 0.25) is 0 Å². The summed E-state index contributed by atoms with van der Waals surface area (Å²) in [4.78, 5) is 0. The van der Waals surface area contributed by atoms with Gasteiger partial charge in [-0.15, -0.1) is 0 Å². The molecule has 0 aliphatic rings. The molecule has 0 bridgehead atoms. The van der Waals surface area contributed by atoms with Gasteiger partial charge in [-0.25, -0.2) is 8.78 Å². The molecule has 0 saturated heterocycles. The number of nitrogens with two attached hydrogens (primary N) is 1. The molecular weight excluding hydrogens is 240 g/mol. The van der Waals surface area contributed by atoms with E-state index >= 15 is 0 Å². The second-order valence-corrected chi connectivity index (χ2v) is 3.66. The largest absolute Gasteiger partial charge is 0.324 e. The number of benzene rings is 1. The van der Waals surface area contributed by atoms with Gasteiger partial charge in [0.2, 0.25) is 0 Å². The topological polar surface area (TPSA) is 26.0 Å². The lowest BCUT2D eigenvalue weighted by Gasteiger charge is -2.10. The molecule has 0 aliphatic heterocycles. The van der Waals surface area contributed by atoms with E-state index in [2.05, 4.69) is 15.9 Å². The summed E-state index contributed by atoms with van der Waals surface area (Å²) in [6.07, 6.45) is 0.581. The summed E-state index contributed by atoms with van der Waals surface area (Å²) < 4.78 is 26.3. The van der Waals surface area contributed by atoms with Crippen LogP contribution in [0.5, 0.6) is 0 Å². The lowest BCUT2D eigenvalue weighted by atomic mass is 10.1. The molecule has 0 radical (unpaired) electrons. The zero-order valence-electron chi connectivity index (χ0n) is 7.15. The third kappa shape index (κ3) is 2.25. The number of halogens is 3. The van der Waals surface area contributed by atoms with E-state index in [9.17, 15) is 8.78 Å². The van der Waals surface area contributed by atoms with E-state index in [0.717, 1.165) is 12.1 Å². The van der Waals surface area contributed by atoms with Crippen LogP contribution in [0.4, 0.5) is 8.78 Å². The van der Waals surface area contributed by atoms with Gasteiger partial charge in [0, 0.05) is 11.6 Å². The van der Waals surface area contributed by atoms with Crippen molar-refractivity contribution in [3.8, 4) is 0 Å². The maximum absolute atomic E-state index is 13.2. The van der Waals surface area contributed by atoms with Crippen LogP contribution in [0.15, 0.2) is 16.6 Å². The van der Waals surface area contributed by atoms with Crippen molar-refractivity contribution < 1.29 is 8.78 Å². The van der Waals surface area contributed by atoms with Crippen LogP contribution in [0.3, 0.4) is 0 Å². The lowest BCUT2D eigenvalue weighted by Crippen LogP contribution is -2.11. The van der Waals surface area contributed by atoms with Crippen LogP contribution in [-0.2, 0) is 0 Å². The molecule has 0 saturated carbocycles. The van der Waals surface area contributed by atoms with Crippen molar-refractivity contribution in [3.05, 3.63) is 33.8 Å². The Bertz CT molecular complexity index is 315. The first-order valence-corrected chi connectivity index (χ1v) is 4.75. The fraction of sp³-hybridized carbons (Fsp3) is 0.333. The average Bonchev–Trinajstić information content (AvgIpc) is 2.10. The predicted molar refractivity (Wildman–Crippen MR) is 51.3 cm³/mol. The zero-order chi connectivity index (χ0) is 10.0. The maximum Gasteiger partial charge on any atom is 0.137 e. The van der Waals surface area contributed by atoms with Crippen LogP contribution in [0.1, 0.15) is 24.9 Å². The molecule has 0 aliphatic carbocycles. The first-order chi connectivity index (χ1) is 6.06. The molecule has 72 valence electrons. The smallest absolute Gasteiger partial charge is 0.137 e. The van der Waals surface area contributed by atoms with E-state index < -0.39 is 17.7 Å². The molecule has 0 spiro atoms. The first-order valence-electron chi connectivity index (χ1n) is 3.96. The van der Waals surface area contributed by atoms with E-state index in [1.54, 1.807) is 0 Å². The van der Waals surface area contributed by atoms with Gasteiger partial charge < -0.3 is 5.73 Å². The van der Waals surface area contributed by atoms with Gasteiger partial charge in [-0.1, -0.05) is 6.92 Å². The van der Waals surface area contributed by atoms with Gasteiger partial charge in [0.15, 0.2) is 0 Å². The monoisotopic (exact) mass is 249 g/mol. The Labute approximate surface area is 84.1 Å². The van der Waals surface area contributed by atoms with E-state index in [1.807, 2.05) is 6.92 Å². The van der Waals surface area contributed by atoms with E-state index in [1.165, 1.54) is 0 Å². The van der Waals surface area contributed by atoms with Crippen molar-refractivity contribution in [2.24, 2.45) is 5.73 Å². The summed E-state index contributed by atoms with van der Waals surface area (Å²) in [6.45, 7) is 1.82. The van der Waals surface area contributed by atoms with Crippen LogP contribution in [0.25, 0.3) is 0 Å². The number of hydrogen-bond donors (Lipinski definition) is 1. The second kappa shape index (κ2) is 4.15. The number of hydrogen-bond acceptors (Lipinski definition) is 1. The summed E-state index contributed by atoms with van der Waals surface area (Å²) >= 11 is 2.90. The Morgan fingerprint density at radius 2 is 2.00 bits per heavy atom. The maximum atomic E-state index is 13.2. The van der Waals surface area contributed by atoms with Gasteiger partial charge >= 0.3 is 0 Å². The van der Waals surface area contributed by atoms with Crippen LogP contribution in [-0.4, -0.2) is 0 Å². The third-order valence-electron chi connectivity index (χ3n) is 1.88. The van der Waals surface area contributed by atoms with Crippen molar-refractivity contribution in [1.29, 1.82) is 0 Å². The molecule has 1 aromatic rings. The van der Waals surface area contributed by atoms with Crippen molar-refractivity contribution in [1.82, 2.24) is 0 Å². The first kappa shape index (κ1) is 10.6. The van der Waals surface area contributed by atoms with Crippen molar-refractivity contribution in [2.45, 2.75) is 19.4 Å². The second-order valence-electron chi connectivity index (χ2n) is 2.80. The Morgan fingerprint density at radius 1 is 1.38 bits per heavy atom. The minimum Gasteiger partial charge on any atom is -0.324 e. The molecule has 0 fully saturated rings. The summed E-state index contributed by atoms with van der Waals surface area (Å²) in [6, 6.07) is 1.79. The quantitative estimate of drug-likeness (QED) is 0.801. The van der Waals surface area contributed by atoms with Gasteiger partial charge in [0.1, 0.15) is 11.6 Å². The van der Waals surface area contributed by atoms with Gasteiger partial charge in [0.25, 0.3) is 0 Å². The molecule has 0 aromatic heterocycles. The normalized spacial score (nSPS) is 13.0. The standard InChI is InChI=1S/C9H10BrF2N/c1-2-9(13)5-3-8(12)6(10)4-7(5)11/h3-4,9H,2,13H2,1H3/t9-/m0/s1. The molecule has 0 heterocycles. The summed E-state index contributed by atoms with van der Waals surface area (Å²) in [5.41, 5.74) is 5.82. The highest BCUT2D eigenvalue weighted by molar-refractivity contribution is 9.10. The van der Waals surface area contributed by atoms with Crippen LogP contribution in [0, 0.1) is 11.6 Å². The van der Waals surface area contributed by atoms with Crippen molar-refractivity contribution in [3.63, 3.8) is 0 Å². The predicted octanol–water partition coefficient (Wildman–Crippen LogP) is 3.14. The van der Waals surface area contributed by atoms with Crippen LogP contribution < -0.4 is 5.73 Å². The minimum absolute atomic E-state index is 0.122. The van der Waals surface area contributed by atoms with Gasteiger partial charge in [-0.2, -0.15) is 0 Å². The highest BCUT2D eigenvalue weighted by Gasteiger charge is 2.12. The number of rotatable bonds is 2. The molecule has 1 aromatic carbocycles. The van der Waals surface area contributed by atoms with Crippen molar-refractivity contribution >= 4 is 15.9 Å². The fourth-order valence-corrected chi connectivity index (χ4v) is 1.36. The molecule has 1 nitrogen and oxygen atoms in total. The zero-order valence-corrected chi connectivity index (χ0v) is 8.74. The van der Waals surface area contributed by atoms with E-state index in [0.29, 0.717) is 6.42 Å². The molecule has 4 heteroatoms. The van der Waals surface area contributed by atoms with Gasteiger partial charge in [-0.3, -0.25) is 0 Å². The Morgan fingerprint density at radius 3 is 2.54 bits per heavy atom. The Hall–Kier alpha value is -0.480. The van der Waals surface area contributed by atoms with E-state index in [-0.39, 0.29) is 10.0 Å². The molecule has 2 N–H and O–H groups in total. The summed E-state index contributed by atoms with van der Waals surface area (Å²) in [7, 11) is 0. The van der Waals surface area contributed by atoms with E-state index in [4.69, 9.17) is 5.73 Å². The third-order valence-corrected chi connectivity index (χ3v) is 2.49. The van der Waals surface area contributed by atoms with Crippen LogP contribution >= 0.6 is 15.9 Å². The average molecular weight is 250 g/mol. The van der Waals surface area contributed by atoms with Crippen molar-refractivity contribution in [2.75, 3.05) is 0 Å². The lowest BCUT2D eigenvalue weighted by molar-refractivity contribution is 0.554. The molecule has 0 unspecified atom stereocenters. The summed E-state index contributed by atoms with van der Waals surface area (Å²) in [5, 5.41) is 0. The molecule has 1 atom stereocenters. The highest BCUT2D eigenvalue weighted by atomic mass is 79.9. The summed E-state index contributed by atoms with van der Waals surface area (Å²) in [5.74, 6) is -0.956. The van der Waals surface area contributed by atoms with Gasteiger partial charge in [0.05, 0.1) is 4.47 Å². The highest BCUT2D eigenvalue weighted by Crippen LogP contribution is 2.24.